The minimum Gasteiger partial charge on any atom is -0.303 e. The molecule has 21 heavy (non-hydrogen) atoms. The molecule has 5 heteroatoms. The molecule has 110 valence electrons. The van der Waals surface area contributed by atoms with Crippen LogP contribution in [0.15, 0.2) is 30.6 Å². The van der Waals surface area contributed by atoms with Crippen molar-refractivity contribution < 1.29 is 0 Å². The van der Waals surface area contributed by atoms with Gasteiger partial charge in [0.25, 0.3) is 0 Å². The van der Waals surface area contributed by atoms with E-state index in [4.69, 9.17) is 5.26 Å². The molecule has 1 aromatic heterocycles. The van der Waals surface area contributed by atoms with Crippen LogP contribution < -0.4 is 5.32 Å². The van der Waals surface area contributed by atoms with Crippen LogP contribution in [0.4, 0.5) is 0 Å². The van der Waals surface area contributed by atoms with Crippen molar-refractivity contribution in [2.75, 3.05) is 0 Å². The molecule has 0 amide bonds. The average molecular weight is 283 g/mol. The molecular weight excluding hydrogens is 262 g/mol. The summed E-state index contributed by atoms with van der Waals surface area (Å²) in [6, 6.07) is 9.97. The lowest BCUT2D eigenvalue weighted by Crippen LogP contribution is -2.22. The Morgan fingerprint density at radius 3 is 2.57 bits per heavy atom. The van der Waals surface area contributed by atoms with Gasteiger partial charge in [0.05, 0.1) is 18.2 Å². The monoisotopic (exact) mass is 283 g/mol. The zero-order valence-corrected chi connectivity index (χ0v) is 12.7. The van der Waals surface area contributed by atoms with E-state index in [1.807, 2.05) is 28.9 Å². The van der Waals surface area contributed by atoms with Crippen molar-refractivity contribution in [3.8, 4) is 6.07 Å². The Bertz CT molecular complexity index is 606. The van der Waals surface area contributed by atoms with Gasteiger partial charge in [-0.05, 0) is 30.5 Å². The van der Waals surface area contributed by atoms with Crippen molar-refractivity contribution in [3.05, 3.63) is 47.5 Å². The van der Waals surface area contributed by atoms with E-state index >= 15 is 0 Å². The van der Waals surface area contributed by atoms with Crippen LogP contribution in [0.2, 0.25) is 0 Å². The predicted molar refractivity (Wildman–Crippen MR) is 81.3 cm³/mol. The zero-order chi connectivity index (χ0) is 15.2. The number of hydrogen-bond donors (Lipinski definition) is 1. The van der Waals surface area contributed by atoms with E-state index in [9.17, 15) is 0 Å². The molecule has 0 aliphatic carbocycles. The molecule has 0 spiro atoms. The Balaban J connectivity index is 1.96. The molecule has 0 aliphatic heterocycles. The number of aromatic nitrogens is 3. The van der Waals surface area contributed by atoms with Crippen LogP contribution in [-0.4, -0.2) is 14.8 Å². The largest absolute Gasteiger partial charge is 0.303 e. The highest BCUT2D eigenvalue weighted by atomic mass is 15.3. The molecule has 2 aromatic rings. The Morgan fingerprint density at radius 2 is 1.95 bits per heavy atom. The fourth-order valence-corrected chi connectivity index (χ4v) is 2.13. The Kier molecular flexibility index (Phi) is 5.07. The Hall–Kier alpha value is -2.19. The molecule has 0 fully saturated rings. The molecule has 0 aliphatic rings. The maximum Gasteiger partial charge on any atom is 0.140 e. The standard InChI is InChI=1S/C16H21N5/c1-12(2)10-21-16(19-11-20-21)9-18-13(3)15-6-4-14(8-17)5-7-15/h4-7,11-13,18H,9-10H2,1-3H3. The number of hydrogen-bond acceptors (Lipinski definition) is 4. The maximum atomic E-state index is 8.81. The van der Waals surface area contributed by atoms with Crippen LogP contribution in [0.5, 0.6) is 0 Å². The van der Waals surface area contributed by atoms with Gasteiger partial charge in [0.15, 0.2) is 0 Å². The van der Waals surface area contributed by atoms with Crippen LogP contribution in [0.25, 0.3) is 0 Å². The first-order valence-electron chi connectivity index (χ1n) is 7.20. The quantitative estimate of drug-likeness (QED) is 0.885. The van der Waals surface area contributed by atoms with Gasteiger partial charge in [-0.2, -0.15) is 10.4 Å². The van der Waals surface area contributed by atoms with E-state index in [2.05, 4.69) is 42.2 Å². The van der Waals surface area contributed by atoms with Gasteiger partial charge in [-0.25, -0.2) is 9.67 Å². The minimum absolute atomic E-state index is 0.196. The molecule has 0 saturated heterocycles. The number of rotatable bonds is 6. The Morgan fingerprint density at radius 1 is 1.24 bits per heavy atom. The number of nitriles is 1. The van der Waals surface area contributed by atoms with Gasteiger partial charge in [-0.1, -0.05) is 26.0 Å². The fourth-order valence-electron chi connectivity index (χ4n) is 2.13. The molecule has 1 atom stereocenters. The van der Waals surface area contributed by atoms with E-state index in [-0.39, 0.29) is 6.04 Å². The van der Waals surface area contributed by atoms with Gasteiger partial charge in [0, 0.05) is 12.6 Å². The SMILES string of the molecule is CC(C)Cn1ncnc1CNC(C)c1ccc(C#N)cc1. The van der Waals surface area contributed by atoms with Gasteiger partial charge in [0.2, 0.25) is 0 Å². The summed E-state index contributed by atoms with van der Waals surface area (Å²) in [6.07, 6.45) is 1.60. The summed E-state index contributed by atoms with van der Waals surface area (Å²) in [5.74, 6) is 1.49. The predicted octanol–water partition coefficient (Wildman–Crippen LogP) is 2.66. The maximum absolute atomic E-state index is 8.81. The molecule has 0 bridgehead atoms. The molecule has 2 rings (SSSR count). The van der Waals surface area contributed by atoms with Crippen LogP contribution in [0.3, 0.4) is 0 Å². The highest BCUT2D eigenvalue weighted by Crippen LogP contribution is 2.13. The molecule has 1 aromatic carbocycles. The summed E-state index contributed by atoms with van der Waals surface area (Å²) in [7, 11) is 0. The summed E-state index contributed by atoms with van der Waals surface area (Å²) >= 11 is 0. The van der Waals surface area contributed by atoms with Crippen molar-refractivity contribution in [2.45, 2.75) is 39.9 Å². The molecule has 1 N–H and O–H groups in total. The molecule has 5 nitrogen and oxygen atoms in total. The van der Waals surface area contributed by atoms with Crippen LogP contribution in [0, 0.1) is 17.2 Å². The lowest BCUT2D eigenvalue weighted by Gasteiger charge is -2.15. The van der Waals surface area contributed by atoms with Crippen molar-refractivity contribution in [3.63, 3.8) is 0 Å². The second-order valence-electron chi connectivity index (χ2n) is 5.59. The highest BCUT2D eigenvalue weighted by Gasteiger charge is 2.09. The number of nitrogens with zero attached hydrogens (tertiary/aromatic N) is 4. The third-order valence-corrected chi connectivity index (χ3v) is 3.34. The number of benzene rings is 1. The van der Waals surface area contributed by atoms with Crippen molar-refractivity contribution >= 4 is 0 Å². The van der Waals surface area contributed by atoms with E-state index in [0.717, 1.165) is 17.9 Å². The van der Waals surface area contributed by atoms with Gasteiger partial charge in [-0.15, -0.1) is 0 Å². The van der Waals surface area contributed by atoms with Gasteiger partial charge in [0.1, 0.15) is 12.2 Å². The molecule has 1 heterocycles. The van der Waals surface area contributed by atoms with Gasteiger partial charge < -0.3 is 5.32 Å². The second-order valence-corrected chi connectivity index (χ2v) is 5.59. The first kappa shape index (κ1) is 15.2. The number of nitrogens with one attached hydrogen (secondary N) is 1. The first-order chi connectivity index (χ1) is 10.1. The molecule has 1 unspecified atom stereocenters. The summed E-state index contributed by atoms with van der Waals surface area (Å²) < 4.78 is 1.95. The lowest BCUT2D eigenvalue weighted by molar-refractivity contribution is 0.449. The first-order valence-corrected chi connectivity index (χ1v) is 7.20. The normalized spacial score (nSPS) is 12.3. The zero-order valence-electron chi connectivity index (χ0n) is 12.7. The third kappa shape index (κ3) is 4.14. The summed E-state index contributed by atoms with van der Waals surface area (Å²) in [5.41, 5.74) is 1.84. The van der Waals surface area contributed by atoms with Crippen molar-refractivity contribution in [1.82, 2.24) is 20.1 Å². The van der Waals surface area contributed by atoms with E-state index in [0.29, 0.717) is 18.0 Å². The van der Waals surface area contributed by atoms with Crippen molar-refractivity contribution in [1.29, 1.82) is 5.26 Å². The average Bonchev–Trinajstić information content (AvgIpc) is 2.91. The van der Waals surface area contributed by atoms with E-state index in [1.54, 1.807) is 6.33 Å². The third-order valence-electron chi connectivity index (χ3n) is 3.34. The summed E-state index contributed by atoms with van der Waals surface area (Å²) in [5, 5.41) is 16.5. The lowest BCUT2D eigenvalue weighted by atomic mass is 10.1. The topological polar surface area (TPSA) is 66.5 Å². The van der Waals surface area contributed by atoms with E-state index in [1.165, 1.54) is 0 Å². The fraction of sp³-hybridized carbons (Fsp3) is 0.438. The highest BCUT2D eigenvalue weighted by molar-refractivity contribution is 5.32. The van der Waals surface area contributed by atoms with Gasteiger partial charge >= 0.3 is 0 Å². The summed E-state index contributed by atoms with van der Waals surface area (Å²) in [6.45, 7) is 7.98. The van der Waals surface area contributed by atoms with Crippen molar-refractivity contribution in [2.24, 2.45) is 5.92 Å². The van der Waals surface area contributed by atoms with Crippen LogP contribution in [-0.2, 0) is 13.1 Å². The molecular formula is C16H21N5. The van der Waals surface area contributed by atoms with E-state index < -0.39 is 0 Å². The van der Waals surface area contributed by atoms with Crippen LogP contribution >= 0.6 is 0 Å². The molecule has 0 radical (unpaired) electrons. The minimum atomic E-state index is 0.196. The Labute approximate surface area is 125 Å². The van der Waals surface area contributed by atoms with Crippen LogP contribution in [0.1, 0.15) is 43.8 Å². The molecule has 0 saturated carbocycles. The van der Waals surface area contributed by atoms with Gasteiger partial charge in [-0.3, -0.25) is 0 Å². The second kappa shape index (κ2) is 7.00. The summed E-state index contributed by atoms with van der Waals surface area (Å²) in [4.78, 5) is 4.31. The smallest absolute Gasteiger partial charge is 0.140 e.